The number of anilines is 2. The van der Waals surface area contributed by atoms with Crippen molar-refractivity contribution in [2.45, 2.75) is 11.6 Å². The molecule has 0 radical (unpaired) electrons. The van der Waals surface area contributed by atoms with Gasteiger partial charge in [-0.15, -0.1) is 10.2 Å². The number of carbonyl (C=O) groups is 1. The van der Waals surface area contributed by atoms with Crippen LogP contribution in [-0.2, 0) is 11.3 Å². The quantitative estimate of drug-likeness (QED) is 0.573. The summed E-state index contributed by atoms with van der Waals surface area (Å²) in [4.78, 5) is 12.0. The molecule has 0 fully saturated rings. The first-order valence-corrected chi connectivity index (χ1v) is 9.79. The molecule has 2 aromatic carbocycles. The molecule has 0 atom stereocenters. The zero-order chi connectivity index (χ0) is 20.1. The van der Waals surface area contributed by atoms with Crippen LogP contribution in [0.5, 0.6) is 11.5 Å². The molecule has 3 aromatic rings. The largest absolute Gasteiger partial charge is 0.454 e. The van der Waals surface area contributed by atoms with Crippen molar-refractivity contribution in [2.24, 2.45) is 0 Å². The number of carbonyl (C=O) groups excluding carboxylic acids is 1. The Hall–Kier alpha value is -3.33. The second kappa shape index (κ2) is 8.78. The summed E-state index contributed by atoms with van der Waals surface area (Å²) in [6.07, 6.45) is 0. The molecule has 1 amide bonds. The molecule has 0 aliphatic carbocycles. The molecule has 0 bridgehead atoms. The molecule has 2 heterocycles. The van der Waals surface area contributed by atoms with Crippen LogP contribution in [0, 0.1) is 5.82 Å². The van der Waals surface area contributed by atoms with E-state index >= 15 is 0 Å². The smallest absolute Gasteiger partial charge is 0.234 e. The molecular formula is C20H17FN4O3S. The number of rotatable bonds is 7. The van der Waals surface area contributed by atoms with Crippen LogP contribution in [0.1, 0.15) is 5.56 Å². The second-order valence-corrected chi connectivity index (χ2v) is 7.14. The summed E-state index contributed by atoms with van der Waals surface area (Å²) >= 11 is 1.27. The summed E-state index contributed by atoms with van der Waals surface area (Å²) in [6.45, 7) is 0.816. The van der Waals surface area contributed by atoms with Crippen LogP contribution in [0.15, 0.2) is 59.6 Å². The van der Waals surface area contributed by atoms with Crippen molar-refractivity contribution in [2.75, 3.05) is 23.2 Å². The van der Waals surface area contributed by atoms with E-state index in [0.29, 0.717) is 23.1 Å². The van der Waals surface area contributed by atoms with Crippen LogP contribution in [0.3, 0.4) is 0 Å². The lowest BCUT2D eigenvalue weighted by molar-refractivity contribution is -0.113. The number of ether oxygens (including phenoxy) is 2. The predicted molar refractivity (Wildman–Crippen MR) is 108 cm³/mol. The third-order valence-corrected chi connectivity index (χ3v) is 4.95. The Bertz CT molecular complexity index is 1000. The van der Waals surface area contributed by atoms with Crippen LogP contribution in [0.4, 0.5) is 15.9 Å². The van der Waals surface area contributed by atoms with Crippen molar-refractivity contribution in [1.29, 1.82) is 0 Å². The summed E-state index contributed by atoms with van der Waals surface area (Å²) in [5, 5.41) is 14.8. The van der Waals surface area contributed by atoms with E-state index in [9.17, 15) is 9.18 Å². The highest BCUT2D eigenvalue weighted by Gasteiger charge is 2.13. The fourth-order valence-corrected chi connectivity index (χ4v) is 3.22. The third-order valence-electron chi connectivity index (χ3n) is 4.03. The molecule has 1 aromatic heterocycles. The van der Waals surface area contributed by atoms with Crippen LogP contribution in [0.25, 0.3) is 0 Å². The molecule has 0 spiro atoms. The number of hydrogen-bond acceptors (Lipinski definition) is 7. The molecular weight excluding hydrogens is 395 g/mol. The number of fused-ring (bicyclic) bond motifs is 1. The van der Waals surface area contributed by atoms with Gasteiger partial charge in [-0.25, -0.2) is 4.39 Å². The minimum Gasteiger partial charge on any atom is -0.454 e. The van der Waals surface area contributed by atoms with Gasteiger partial charge in [0.1, 0.15) is 16.7 Å². The van der Waals surface area contributed by atoms with E-state index < -0.39 is 0 Å². The van der Waals surface area contributed by atoms with Crippen LogP contribution < -0.4 is 20.1 Å². The minimum absolute atomic E-state index is 0.177. The number of hydrogen-bond donors (Lipinski definition) is 2. The third kappa shape index (κ3) is 5.14. The van der Waals surface area contributed by atoms with Gasteiger partial charge in [-0.05, 0) is 54.1 Å². The molecule has 7 nitrogen and oxygen atoms in total. The fraction of sp³-hybridized carbons (Fsp3) is 0.150. The Labute approximate surface area is 170 Å². The Balaban J connectivity index is 1.24. The highest BCUT2D eigenvalue weighted by atomic mass is 32.2. The number of halogens is 1. The molecule has 4 rings (SSSR count). The van der Waals surface area contributed by atoms with Crippen molar-refractivity contribution >= 4 is 29.2 Å². The first-order chi connectivity index (χ1) is 14.2. The summed E-state index contributed by atoms with van der Waals surface area (Å²) in [5.41, 5.74) is 1.58. The number of benzene rings is 2. The summed E-state index contributed by atoms with van der Waals surface area (Å²) in [6, 6.07) is 15.0. The zero-order valence-corrected chi connectivity index (χ0v) is 16.0. The standard InChI is InChI=1S/C20H17FN4O3S/c21-14-2-4-15(5-3-14)23-19(26)11-29-20-8-7-18(24-25-20)22-10-13-1-6-16-17(9-13)28-12-27-16/h1-9H,10-12H2,(H,22,24)(H,23,26). The van der Waals surface area contributed by atoms with Gasteiger partial charge in [-0.2, -0.15) is 0 Å². The van der Waals surface area contributed by atoms with E-state index in [1.54, 1.807) is 12.1 Å². The molecule has 1 aliphatic heterocycles. The molecule has 1 aliphatic rings. The Morgan fingerprint density at radius 2 is 1.86 bits per heavy atom. The summed E-state index contributed by atoms with van der Waals surface area (Å²) in [5.74, 6) is 1.74. The summed E-state index contributed by atoms with van der Waals surface area (Å²) < 4.78 is 23.5. The first-order valence-electron chi connectivity index (χ1n) is 8.80. The van der Waals surface area contributed by atoms with Gasteiger partial charge in [0, 0.05) is 12.2 Å². The van der Waals surface area contributed by atoms with E-state index in [-0.39, 0.29) is 24.3 Å². The number of thioether (sulfide) groups is 1. The van der Waals surface area contributed by atoms with Crippen molar-refractivity contribution < 1.29 is 18.7 Å². The van der Waals surface area contributed by atoms with Crippen LogP contribution in [0.2, 0.25) is 0 Å². The molecule has 9 heteroatoms. The van der Waals surface area contributed by atoms with Crippen molar-refractivity contribution in [1.82, 2.24) is 10.2 Å². The lowest BCUT2D eigenvalue weighted by atomic mass is 10.2. The predicted octanol–water partition coefficient (Wildman–Crippen LogP) is 3.69. The van der Waals surface area contributed by atoms with Gasteiger partial charge >= 0.3 is 0 Å². The minimum atomic E-state index is -0.347. The Kier molecular flexibility index (Phi) is 5.76. The molecule has 0 saturated heterocycles. The van der Waals surface area contributed by atoms with Gasteiger partial charge in [0.25, 0.3) is 0 Å². The zero-order valence-electron chi connectivity index (χ0n) is 15.2. The number of amides is 1. The maximum atomic E-state index is 12.9. The van der Waals surface area contributed by atoms with Gasteiger partial charge in [-0.3, -0.25) is 4.79 Å². The normalized spacial score (nSPS) is 11.9. The highest BCUT2D eigenvalue weighted by Crippen LogP contribution is 2.32. The van der Waals surface area contributed by atoms with Gasteiger partial charge in [-0.1, -0.05) is 17.8 Å². The molecule has 148 valence electrons. The second-order valence-electron chi connectivity index (χ2n) is 6.14. The maximum absolute atomic E-state index is 12.9. The van der Waals surface area contributed by atoms with E-state index in [1.807, 2.05) is 18.2 Å². The average Bonchev–Trinajstić information content (AvgIpc) is 3.21. The lowest BCUT2D eigenvalue weighted by Crippen LogP contribution is -2.14. The van der Waals surface area contributed by atoms with Gasteiger partial charge in [0.05, 0.1) is 5.75 Å². The van der Waals surface area contributed by atoms with E-state index in [2.05, 4.69) is 20.8 Å². The highest BCUT2D eigenvalue weighted by molar-refractivity contribution is 7.99. The van der Waals surface area contributed by atoms with E-state index in [1.165, 1.54) is 36.0 Å². The average molecular weight is 412 g/mol. The molecule has 0 unspecified atom stereocenters. The lowest BCUT2D eigenvalue weighted by Gasteiger charge is -2.07. The van der Waals surface area contributed by atoms with Gasteiger partial charge in [0.2, 0.25) is 12.7 Å². The summed E-state index contributed by atoms with van der Waals surface area (Å²) in [7, 11) is 0. The van der Waals surface area contributed by atoms with Crippen molar-refractivity contribution in [3.05, 3.63) is 66.0 Å². The van der Waals surface area contributed by atoms with Crippen LogP contribution in [-0.4, -0.2) is 28.7 Å². The first kappa shape index (κ1) is 19.0. The monoisotopic (exact) mass is 412 g/mol. The molecule has 29 heavy (non-hydrogen) atoms. The number of nitrogens with one attached hydrogen (secondary N) is 2. The molecule has 0 saturated carbocycles. The van der Waals surface area contributed by atoms with E-state index in [4.69, 9.17) is 9.47 Å². The maximum Gasteiger partial charge on any atom is 0.234 e. The molecule has 2 N–H and O–H groups in total. The van der Waals surface area contributed by atoms with E-state index in [0.717, 1.165) is 17.1 Å². The van der Waals surface area contributed by atoms with Crippen molar-refractivity contribution in [3.63, 3.8) is 0 Å². The van der Waals surface area contributed by atoms with Gasteiger partial charge in [0.15, 0.2) is 11.5 Å². The topological polar surface area (TPSA) is 85.4 Å². The van der Waals surface area contributed by atoms with Gasteiger partial charge < -0.3 is 20.1 Å². The Morgan fingerprint density at radius 1 is 1.03 bits per heavy atom. The Morgan fingerprint density at radius 3 is 2.66 bits per heavy atom. The SMILES string of the molecule is O=C(CSc1ccc(NCc2ccc3c(c2)OCO3)nn1)Nc1ccc(F)cc1. The number of aromatic nitrogens is 2. The number of nitrogens with zero attached hydrogens (tertiary/aromatic N) is 2. The van der Waals surface area contributed by atoms with Crippen LogP contribution >= 0.6 is 11.8 Å². The van der Waals surface area contributed by atoms with Crippen molar-refractivity contribution in [3.8, 4) is 11.5 Å². The fourth-order valence-electron chi connectivity index (χ4n) is 2.60.